The largest absolute Gasteiger partial charge is 0.457 e. The van der Waals surface area contributed by atoms with E-state index < -0.39 is 5.60 Å². The van der Waals surface area contributed by atoms with E-state index in [0.29, 0.717) is 19.6 Å². The van der Waals surface area contributed by atoms with Crippen LogP contribution in [0.25, 0.3) is 10.9 Å². The van der Waals surface area contributed by atoms with Crippen LogP contribution in [0, 0.1) is 0 Å². The van der Waals surface area contributed by atoms with Crippen molar-refractivity contribution >= 4 is 17.0 Å². The molecule has 194 valence electrons. The molecule has 4 rings (SSSR count). The van der Waals surface area contributed by atoms with E-state index in [9.17, 15) is 4.79 Å². The van der Waals surface area contributed by atoms with Crippen molar-refractivity contribution in [2.75, 3.05) is 33.8 Å². The van der Waals surface area contributed by atoms with E-state index in [0.717, 1.165) is 54.0 Å². The summed E-state index contributed by atoms with van der Waals surface area (Å²) < 4.78 is 19.7. The first-order valence-electron chi connectivity index (χ1n) is 12.7. The Bertz CT molecular complexity index is 1150. The molecule has 1 aliphatic rings. The highest BCUT2D eigenvalue weighted by Crippen LogP contribution is 2.32. The van der Waals surface area contributed by atoms with E-state index in [-0.39, 0.29) is 12.3 Å². The maximum absolute atomic E-state index is 12.3. The van der Waals surface area contributed by atoms with Crippen LogP contribution in [0.4, 0.5) is 4.79 Å². The minimum absolute atomic E-state index is 0.0560. The fourth-order valence-electron chi connectivity index (χ4n) is 4.21. The van der Waals surface area contributed by atoms with Gasteiger partial charge in [0.15, 0.2) is 6.23 Å². The number of carbonyl (C=O) groups is 1. The quantitative estimate of drug-likeness (QED) is 0.393. The van der Waals surface area contributed by atoms with Crippen LogP contribution in [0.1, 0.15) is 52.0 Å². The number of likely N-dealkylation sites (N-methyl/N-ethyl adjacent to an activating group) is 2. The molecule has 3 aromatic rings. The average Bonchev–Trinajstić information content (AvgIpc) is 3.20. The lowest BCUT2D eigenvalue weighted by Gasteiger charge is -2.26. The number of carbonyl (C=O) groups excluding carboxylic acids is 1. The molecule has 8 heteroatoms. The van der Waals surface area contributed by atoms with Gasteiger partial charge in [-0.2, -0.15) is 5.10 Å². The Morgan fingerprint density at radius 3 is 2.56 bits per heavy atom. The molecule has 2 heterocycles. The number of fused-ring (bicyclic) bond motifs is 1. The highest BCUT2D eigenvalue weighted by Gasteiger charge is 2.23. The maximum Gasteiger partial charge on any atom is 0.410 e. The first-order valence-corrected chi connectivity index (χ1v) is 12.7. The van der Waals surface area contributed by atoms with Crippen molar-refractivity contribution in [1.29, 1.82) is 0 Å². The zero-order valence-corrected chi connectivity index (χ0v) is 22.1. The van der Waals surface area contributed by atoms with Crippen molar-refractivity contribution in [3.05, 3.63) is 54.2 Å². The van der Waals surface area contributed by atoms with Crippen LogP contribution in [-0.4, -0.2) is 65.1 Å². The molecule has 0 aliphatic carbocycles. The lowest BCUT2D eigenvalue weighted by atomic mass is 10.1. The van der Waals surface area contributed by atoms with Gasteiger partial charge in [0.05, 0.1) is 11.2 Å². The van der Waals surface area contributed by atoms with Gasteiger partial charge in [0.1, 0.15) is 17.1 Å². The Kier molecular flexibility index (Phi) is 8.16. The zero-order chi connectivity index (χ0) is 25.7. The van der Waals surface area contributed by atoms with Gasteiger partial charge in [-0.15, -0.1) is 0 Å². The number of amides is 1. The van der Waals surface area contributed by atoms with Gasteiger partial charge >= 0.3 is 6.09 Å². The van der Waals surface area contributed by atoms with Crippen molar-refractivity contribution in [3.63, 3.8) is 0 Å². The molecule has 1 saturated heterocycles. The summed E-state index contributed by atoms with van der Waals surface area (Å²) in [5.74, 6) is 1.56. The summed E-state index contributed by atoms with van der Waals surface area (Å²) in [6, 6.07) is 15.9. The first-order chi connectivity index (χ1) is 17.2. The topological polar surface area (TPSA) is 69.1 Å². The predicted molar refractivity (Wildman–Crippen MR) is 140 cm³/mol. The van der Waals surface area contributed by atoms with Gasteiger partial charge in [0.2, 0.25) is 0 Å². The minimum atomic E-state index is -0.510. The molecule has 0 bridgehead atoms. The molecule has 36 heavy (non-hydrogen) atoms. The number of aromatic nitrogens is 2. The van der Waals surface area contributed by atoms with E-state index in [1.807, 2.05) is 68.9 Å². The fraction of sp³-hybridized carbons (Fsp3) is 0.500. The normalized spacial score (nSPS) is 16.3. The number of nitrogens with zero attached hydrogens (tertiary/aromatic N) is 4. The standard InChI is InChI=1S/C28H38N4O4/c1-28(2,3)36-27(33)31(5)17-16-30(4)20-24-23-19-22(35-21-11-7-6-8-12-21)14-15-25(23)32(29-24)26-13-9-10-18-34-26/h6-8,11-12,14-15,19,26H,9-10,13,16-18,20H2,1-5H3/t26-/m1/s1. The van der Waals surface area contributed by atoms with Crippen LogP contribution in [-0.2, 0) is 16.0 Å². The molecule has 0 spiro atoms. The number of hydrogen-bond acceptors (Lipinski definition) is 6. The van der Waals surface area contributed by atoms with Gasteiger partial charge < -0.3 is 19.1 Å². The molecule has 0 N–H and O–H groups in total. The van der Waals surface area contributed by atoms with Gasteiger partial charge in [-0.3, -0.25) is 4.90 Å². The molecule has 1 aromatic heterocycles. The predicted octanol–water partition coefficient (Wildman–Crippen LogP) is 5.83. The maximum atomic E-state index is 12.3. The Balaban J connectivity index is 1.52. The second-order valence-corrected chi connectivity index (χ2v) is 10.4. The molecule has 8 nitrogen and oxygen atoms in total. The highest BCUT2D eigenvalue weighted by atomic mass is 16.6. The van der Waals surface area contributed by atoms with Gasteiger partial charge in [-0.25, -0.2) is 9.48 Å². The summed E-state index contributed by atoms with van der Waals surface area (Å²) in [5, 5.41) is 6.05. The first kappa shape index (κ1) is 26.0. The fourth-order valence-corrected chi connectivity index (χ4v) is 4.21. The SMILES string of the molecule is CN(CCN(C)C(=O)OC(C)(C)C)Cc1nn([C@H]2CCCCO2)c2ccc(Oc3ccccc3)cc12. The van der Waals surface area contributed by atoms with E-state index in [1.165, 1.54) is 0 Å². The third-order valence-corrected chi connectivity index (χ3v) is 6.10. The van der Waals surface area contributed by atoms with Crippen LogP contribution >= 0.6 is 0 Å². The lowest BCUT2D eigenvalue weighted by molar-refractivity contribution is -0.0370. The summed E-state index contributed by atoms with van der Waals surface area (Å²) in [7, 11) is 3.80. The smallest absolute Gasteiger partial charge is 0.410 e. The summed E-state index contributed by atoms with van der Waals surface area (Å²) >= 11 is 0. The Labute approximate surface area is 213 Å². The lowest BCUT2D eigenvalue weighted by Crippen LogP contribution is -2.38. The molecule has 0 saturated carbocycles. The Hall–Kier alpha value is -3.10. The molecular formula is C28H38N4O4. The van der Waals surface area contributed by atoms with Gasteiger partial charge in [0.25, 0.3) is 0 Å². The Morgan fingerprint density at radius 2 is 1.86 bits per heavy atom. The summed E-state index contributed by atoms with van der Waals surface area (Å²) in [6.07, 6.45) is 2.80. The molecule has 1 fully saturated rings. The molecule has 1 atom stereocenters. The molecule has 1 aliphatic heterocycles. The van der Waals surface area contributed by atoms with Gasteiger partial charge in [-0.1, -0.05) is 18.2 Å². The van der Waals surface area contributed by atoms with E-state index in [4.69, 9.17) is 19.3 Å². The number of rotatable bonds is 8. The van der Waals surface area contributed by atoms with Gasteiger partial charge in [-0.05, 0) is 77.4 Å². The van der Waals surface area contributed by atoms with Crippen molar-refractivity contribution in [3.8, 4) is 11.5 Å². The number of hydrogen-bond donors (Lipinski definition) is 0. The van der Waals surface area contributed by atoms with Crippen LogP contribution in [0.3, 0.4) is 0 Å². The van der Waals surface area contributed by atoms with Crippen molar-refractivity contribution in [2.24, 2.45) is 0 Å². The molecular weight excluding hydrogens is 456 g/mol. The second-order valence-electron chi connectivity index (χ2n) is 10.4. The van der Waals surface area contributed by atoms with Crippen LogP contribution in [0.15, 0.2) is 48.5 Å². The number of ether oxygens (including phenoxy) is 3. The number of para-hydroxylation sites is 1. The summed E-state index contributed by atoms with van der Waals surface area (Å²) in [5.41, 5.74) is 1.49. The van der Waals surface area contributed by atoms with Crippen LogP contribution in [0.5, 0.6) is 11.5 Å². The zero-order valence-electron chi connectivity index (χ0n) is 22.1. The summed E-state index contributed by atoms with van der Waals surface area (Å²) in [4.78, 5) is 16.1. The molecule has 0 unspecified atom stereocenters. The van der Waals surface area contributed by atoms with E-state index in [2.05, 4.69) is 17.0 Å². The number of benzene rings is 2. The van der Waals surface area contributed by atoms with Crippen molar-refractivity contribution in [2.45, 2.75) is 58.4 Å². The van der Waals surface area contributed by atoms with Crippen LogP contribution < -0.4 is 4.74 Å². The molecule has 2 aromatic carbocycles. The minimum Gasteiger partial charge on any atom is -0.457 e. The van der Waals surface area contributed by atoms with Crippen molar-refractivity contribution in [1.82, 2.24) is 19.6 Å². The Morgan fingerprint density at radius 1 is 1.08 bits per heavy atom. The summed E-state index contributed by atoms with van der Waals surface area (Å²) in [6.45, 7) is 8.25. The molecule has 0 radical (unpaired) electrons. The third-order valence-electron chi connectivity index (χ3n) is 6.10. The van der Waals surface area contributed by atoms with E-state index >= 15 is 0 Å². The average molecular weight is 495 g/mol. The highest BCUT2D eigenvalue weighted by molar-refractivity contribution is 5.83. The van der Waals surface area contributed by atoms with Crippen molar-refractivity contribution < 1.29 is 19.0 Å². The molecule has 1 amide bonds. The van der Waals surface area contributed by atoms with E-state index in [1.54, 1.807) is 11.9 Å². The van der Waals surface area contributed by atoms with Gasteiger partial charge in [0, 0.05) is 38.7 Å². The monoisotopic (exact) mass is 494 g/mol. The van der Waals surface area contributed by atoms with Crippen LogP contribution in [0.2, 0.25) is 0 Å². The third kappa shape index (κ3) is 6.77. The second kappa shape index (κ2) is 11.3.